The molecule has 42 heavy (non-hydrogen) atoms. The molecule has 3 aliphatic rings. The van der Waals surface area contributed by atoms with Crippen molar-refractivity contribution in [2.75, 3.05) is 13.1 Å². The van der Waals surface area contributed by atoms with E-state index in [0.717, 1.165) is 0 Å². The van der Waals surface area contributed by atoms with Crippen LogP contribution in [0.25, 0.3) is 0 Å². The van der Waals surface area contributed by atoms with Crippen LogP contribution in [0.5, 0.6) is 0 Å². The van der Waals surface area contributed by atoms with Crippen LogP contribution in [0.3, 0.4) is 0 Å². The maximum Gasteiger partial charge on any atom is 0.335 e. The van der Waals surface area contributed by atoms with Crippen LogP contribution in [0.15, 0.2) is 46.0 Å². The molecular weight excluding hydrogens is 607 g/mol. The lowest BCUT2D eigenvalue weighted by atomic mass is 9.85. The van der Waals surface area contributed by atoms with Gasteiger partial charge in [-0.2, -0.15) is 0 Å². The molecule has 0 spiro atoms. The minimum atomic E-state index is -3.65. The predicted octanol–water partition coefficient (Wildman–Crippen LogP) is 4.53. The fourth-order valence-corrected chi connectivity index (χ4v) is 8.43. The van der Waals surface area contributed by atoms with Gasteiger partial charge in [0.25, 0.3) is 0 Å². The Kier molecular flexibility index (Phi) is 8.49. The largest absolute Gasteiger partial charge is 0.478 e. The second-order valence-corrected chi connectivity index (χ2v) is 15.1. The van der Waals surface area contributed by atoms with E-state index in [-0.39, 0.29) is 54.0 Å². The number of carboxylic acid groups (broad SMARTS) is 1. The number of hydrogen-bond acceptors (Lipinski definition) is 9. The van der Waals surface area contributed by atoms with Gasteiger partial charge in [0, 0.05) is 41.8 Å². The van der Waals surface area contributed by atoms with E-state index in [4.69, 9.17) is 16.3 Å². The summed E-state index contributed by atoms with van der Waals surface area (Å²) >= 11 is 7.60. The van der Waals surface area contributed by atoms with Crippen LogP contribution in [0.2, 0.25) is 5.02 Å². The zero-order chi connectivity index (χ0) is 30.4. The topological polar surface area (TPSA) is 138 Å². The number of ether oxygens (including phenoxy) is 1. The summed E-state index contributed by atoms with van der Waals surface area (Å²) in [5.41, 5.74) is -0.100. The van der Waals surface area contributed by atoms with Gasteiger partial charge >= 0.3 is 11.9 Å². The molecule has 1 saturated carbocycles. The zero-order valence-corrected chi connectivity index (χ0v) is 25.7. The number of esters is 1. The number of carbonyl (C=O) groups excluding carboxylic acids is 1. The molecule has 10 nitrogen and oxygen atoms in total. The second kappa shape index (κ2) is 11.7. The maximum atomic E-state index is 14.4. The lowest BCUT2D eigenvalue weighted by molar-refractivity contribution is -0.162. The molecule has 2 aliphatic heterocycles. The summed E-state index contributed by atoms with van der Waals surface area (Å²) in [4.78, 5) is 33.9. The summed E-state index contributed by atoms with van der Waals surface area (Å²) in [6.07, 6.45) is 2.75. The van der Waals surface area contributed by atoms with E-state index in [1.54, 1.807) is 38.4 Å². The predicted molar refractivity (Wildman–Crippen MR) is 156 cm³/mol. The average molecular weight is 639 g/mol. The standard InChI is InChI=1S/C28H32ClFN4O6S2/c1-28(2,3)40-27(37)16-13-17(14-16)42(38,39)34-10-7-15(8-11-34)22-20(26(35)36)23(18-5-4-6-19(30)21(18)29)33-24(32-22)25-31-9-12-41-25/h4-6,9,12,15-17,23H,7-8,10-11,13-14H2,1-3H3,(H,32,33)(H,35,36). The van der Waals surface area contributed by atoms with Crippen molar-refractivity contribution in [1.29, 1.82) is 0 Å². The summed E-state index contributed by atoms with van der Waals surface area (Å²) in [5.74, 6) is -2.73. The van der Waals surface area contributed by atoms with Crippen molar-refractivity contribution >= 4 is 50.7 Å². The van der Waals surface area contributed by atoms with Gasteiger partial charge in [0.15, 0.2) is 10.8 Å². The zero-order valence-electron chi connectivity index (χ0n) is 23.3. The van der Waals surface area contributed by atoms with Gasteiger partial charge in [-0.3, -0.25) is 9.79 Å². The third kappa shape index (κ3) is 6.10. The molecule has 2 fully saturated rings. The van der Waals surface area contributed by atoms with Gasteiger partial charge in [0.1, 0.15) is 17.5 Å². The molecule has 14 heteroatoms. The van der Waals surface area contributed by atoms with Crippen molar-refractivity contribution in [3.63, 3.8) is 0 Å². The molecule has 2 N–H and O–H groups in total. The summed E-state index contributed by atoms with van der Waals surface area (Å²) in [7, 11) is -3.65. The quantitative estimate of drug-likeness (QED) is 0.422. The van der Waals surface area contributed by atoms with E-state index in [1.165, 1.54) is 27.8 Å². The van der Waals surface area contributed by atoms with Crippen molar-refractivity contribution in [2.45, 2.75) is 63.3 Å². The van der Waals surface area contributed by atoms with Gasteiger partial charge in [-0.15, -0.1) is 11.3 Å². The molecular formula is C28H32ClFN4O6S2. The number of nitrogens with zero attached hydrogens (tertiary/aromatic N) is 3. The normalized spacial score (nSPS) is 24.0. The number of amidine groups is 1. The van der Waals surface area contributed by atoms with Crippen LogP contribution in [-0.4, -0.2) is 64.5 Å². The monoisotopic (exact) mass is 638 g/mol. The first-order valence-corrected chi connectivity index (χ1v) is 16.4. The molecule has 5 rings (SSSR count). The minimum Gasteiger partial charge on any atom is -0.478 e. The fourth-order valence-electron chi connectivity index (χ4n) is 5.52. The number of thiazole rings is 1. The summed E-state index contributed by atoms with van der Waals surface area (Å²) < 4.78 is 48.0. The molecule has 1 aromatic heterocycles. The number of carboxylic acids is 1. The van der Waals surface area contributed by atoms with Crippen molar-refractivity contribution in [2.24, 2.45) is 16.8 Å². The summed E-state index contributed by atoms with van der Waals surface area (Å²) in [5, 5.41) is 14.9. The van der Waals surface area contributed by atoms with Gasteiger partial charge in [-0.1, -0.05) is 23.7 Å². The number of aromatic nitrogens is 1. The number of aliphatic imine (C=N–C) groups is 1. The minimum absolute atomic E-state index is 0.0664. The van der Waals surface area contributed by atoms with Gasteiger partial charge < -0.3 is 15.2 Å². The number of carbonyl (C=O) groups is 2. The molecule has 1 aliphatic carbocycles. The van der Waals surface area contributed by atoms with E-state index in [1.807, 2.05) is 0 Å². The number of sulfonamides is 1. The number of nitrogens with one attached hydrogen (secondary N) is 1. The van der Waals surface area contributed by atoms with Crippen LogP contribution < -0.4 is 5.32 Å². The van der Waals surface area contributed by atoms with E-state index >= 15 is 0 Å². The smallest absolute Gasteiger partial charge is 0.335 e. The van der Waals surface area contributed by atoms with E-state index in [2.05, 4.69) is 15.3 Å². The Bertz CT molecular complexity index is 1540. The number of piperidine rings is 1. The number of rotatable bonds is 7. The van der Waals surface area contributed by atoms with Gasteiger partial charge in [-0.25, -0.2) is 26.9 Å². The average Bonchev–Trinajstić information content (AvgIpc) is 3.43. The molecule has 3 heterocycles. The first kappa shape index (κ1) is 30.6. The highest BCUT2D eigenvalue weighted by molar-refractivity contribution is 7.89. The first-order valence-electron chi connectivity index (χ1n) is 13.6. The van der Waals surface area contributed by atoms with Gasteiger partial charge in [0.05, 0.1) is 21.8 Å². The molecule has 1 saturated heterocycles. The molecule has 2 aromatic rings. The molecule has 1 unspecified atom stereocenters. The number of allylic oxidation sites excluding steroid dienone is 1. The highest BCUT2D eigenvalue weighted by atomic mass is 35.5. The Morgan fingerprint density at radius 3 is 2.50 bits per heavy atom. The SMILES string of the molecule is CC(C)(C)OC(=O)C1CC(S(=O)(=O)N2CCC(C3=C(C(=O)O)C(c4cccc(F)c4Cl)N=C(c4nccs4)N3)CC2)C1. The molecule has 1 aromatic carbocycles. The van der Waals surface area contributed by atoms with Gasteiger partial charge in [0.2, 0.25) is 10.0 Å². The highest BCUT2D eigenvalue weighted by Gasteiger charge is 2.47. The van der Waals surface area contributed by atoms with Gasteiger partial charge in [-0.05, 0) is 52.5 Å². The third-order valence-electron chi connectivity index (χ3n) is 7.69. The Morgan fingerprint density at radius 1 is 1.21 bits per heavy atom. The van der Waals surface area contributed by atoms with Crippen LogP contribution >= 0.6 is 22.9 Å². The Morgan fingerprint density at radius 2 is 1.90 bits per heavy atom. The van der Waals surface area contributed by atoms with Crippen molar-refractivity contribution in [3.05, 3.63) is 62.5 Å². The maximum absolute atomic E-state index is 14.4. The second-order valence-electron chi connectivity index (χ2n) is 11.7. The molecule has 226 valence electrons. The number of benzene rings is 1. The van der Waals surface area contributed by atoms with Crippen molar-refractivity contribution < 1.29 is 32.2 Å². The van der Waals surface area contributed by atoms with E-state index in [9.17, 15) is 27.5 Å². The summed E-state index contributed by atoms with van der Waals surface area (Å²) in [6.45, 7) is 5.70. The van der Waals surface area contributed by atoms with E-state index < -0.39 is 44.6 Å². The van der Waals surface area contributed by atoms with Crippen LogP contribution in [-0.2, 0) is 24.3 Å². The Balaban J connectivity index is 1.36. The Hall–Kier alpha value is -2.87. The number of aliphatic carboxylic acids is 1. The lowest BCUT2D eigenvalue weighted by Gasteiger charge is -2.40. The number of halogens is 2. The molecule has 0 radical (unpaired) electrons. The lowest BCUT2D eigenvalue weighted by Crippen LogP contribution is -2.50. The first-order chi connectivity index (χ1) is 19.8. The third-order valence-corrected chi connectivity index (χ3v) is 11.2. The fraction of sp³-hybridized carbons (Fsp3) is 0.500. The van der Waals surface area contributed by atoms with Crippen LogP contribution in [0.1, 0.15) is 63.1 Å². The molecule has 0 bridgehead atoms. The molecule has 0 amide bonds. The molecule has 1 atom stereocenters. The van der Waals surface area contributed by atoms with Crippen molar-refractivity contribution in [3.8, 4) is 0 Å². The van der Waals surface area contributed by atoms with E-state index in [0.29, 0.717) is 29.4 Å². The van der Waals surface area contributed by atoms with Crippen molar-refractivity contribution in [1.82, 2.24) is 14.6 Å². The number of hydrogen-bond donors (Lipinski definition) is 2. The Labute approximate surface area is 252 Å². The van der Waals surface area contributed by atoms with Crippen LogP contribution in [0, 0.1) is 17.7 Å². The summed E-state index contributed by atoms with van der Waals surface area (Å²) in [6, 6.07) is 3.09. The van der Waals surface area contributed by atoms with Crippen LogP contribution in [0.4, 0.5) is 4.39 Å². The highest BCUT2D eigenvalue weighted by Crippen LogP contribution is 2.41.